The summed E-state index contributed by atoms with van der Waals surface area (Å²) in [6, 6.07) is 14.1. The van der Waals surface area contributed by atoms with Crippen LogP contribution in [0.2, 0.25) is 0 Å². The lowest BCUT2D eigenvalue weighted by atomic mass is 10.0. The van der Waals surface area contributed by atoms with E-state index in [0.29, 0.717) is 46.3 Å². The number of anilines is 1. The lowest BCUT2D eigenvalue weighted by molar-refractivity contribution is -0.137. The third-order valence-electron chi connectivity index (χ3n) is 5.62. The molecule has 4 rings (SSSR count). The molecule has 1 N–H and O–H groups in total. The number of alkyl halides is 3. The zero-order valence-corrected chi connectivity index (χ0v) is 19.5. The van der Waals surface area contributed by atoms with Crippen molar-refractivity contribution in [3.63, 3.8) is 0 Å². The highest BCUT2D eigenvalue weighted by atomic mass is 19.4. The van der Waals surface area contributed by atoms with Gasteiger partial charge in [0.1, 0.15) is 11.6 Å². The van der Waals surface area contributed by atoms with Crippen LogP contribution in [0.4, 0.5) is 19.0 Å². The molecule has 0 atom stereocenters. The number of fused-ring (bicyclic) bond motifs is 1. The zero-order chi connectivity index (χ0) is 25.2. The number of aliphatic hydroxyl groups is 1. The second kappa shape index (κ2) is 9.93. The smallest absolute Gasteiger partial charge is 0.416 e. The van der Waals surface area contributed by atoms with Gasteiger partial charge in [0.15, 0.2) is 5.65 Å². The number of aliphatic hydroxyl groups excluding tert-OH is 1. The third-order valence-corrected chi connectivity index (χ3v) is 5.62. The number of halogens is 3. The van der Waals surface area contributed by atoms with Gasteiger partial charge in [-0.3, -0.25) is 0 Å². The van der Waals surface area contributed by atoms with Gasteiger partial charge in [0, 0.05) is 32.3 Å². The van der Waals surface area contributed by atoms with Crippen LogP contribution in [0.5, 0.6) is 5.75 Å². The fourth-order valence-corrected chi connectivity index (χ4v) is 3.86. The van der Waals surface area contributed by atoms with Gasteiger partial charge in [-0.25, -0.2) is 9.50 Å². The van der Waals surface area contributed by atoms with Crippen LogP contribution < -0.4 is 9.64 Å². The standard InChI is InChI=1S/C25H25F3N4O3/c1-31(11-12-33)22-14-21(17-5-4-6-18(13-17)25(26,27)28)32-24(29-22)23(20(30-32)15-34-2)16-7-9-19(35-3)10-8-16/h4-10,13-14,33H,11-12,15H2,1-3H3. The molecular formula is C25H25F3N4O3. The van der Waals surface area contributed by atoms with Crippen molar-refractivity contribution in [2.45, 2.75) is 12.8 Å². The number of hydrogen-bond acceptors (Lipinski definition) is 6. The number of nitrogens with zero attached hydrogens (tertiary/aromatic N) is 4. The Morgan fingerprint density at radius 1 is 1.03 bits per heavy atom. The van der Waals surface area contributed by atoms with Gasteiger partial charge in [-0.2, -0.15) is 18.3 Å². The highest BCUT2D eigenvalue weighted by molar-refractivity contribution is 5.83. The van der Waals surface area contributed by atoms with Gasteiger partial charge in [-0.1, -0.05) is 24.3 Å². The summed E-state index contributed by atoms with van der Waals surface area (Å²) < 4.78 is 52.6. The minimum atomic E-state index is -4.49. The van der Waals surface area contributed by atoms with E-state index in [9.17, 15) is 18.3 Å². The molecule has 2 aromatic carbocycles. The largest absolute Gasteiger partial charge is 0.497 e. The van der Waals surface area contributed by atoms with Gasteiger partial charge in [-0.05, 0) is 29.8 Å². The Morgan fingerprint density at radius 3 is 2.40 bits per heavy atom. The SMILES string of the molecule is COCc1nn2c(-c3cccc(C(F)(F)F)c3)cc(N(C)CCO)nc2c1-c1ccc(OC)cc1. The second-order valence-corrected chi connectivity index (χ2v) is 7.94. The van der Waals surface area contributed by atoms with Crippen molar-refractivity contribution >= 4 is 11.5 Å². The molecule has 0 bridgehead atoms. The molecule has 0 aliphatic heterocycles. The number of ether oxygens (including phenoxy) is 2. The van der Waals surface area contributed by atoms with Gasteiger partial charge in [0.2, 0.25) is 0 Å². The summed E-state index contributed by atoms with van der Waals surface area (Å²) in [6.45, 7) is 0.360. The summed E-state index contributed by atoms with van der Waals surface area (Å²) in [6.07, 6.45) is -4.49. The van der Waals surface area contributed by atoms with Crippen LogP contribution in [-0.2, 0) is 17.5 Å². The van der Waals surface area contributed by atoms with Crippen LogP contribution >= 0.6 is 0 Å². The molecule has 0 saturated carbocycles. The van der Waals surface area contributed by atoms with E-state index in [0.717, 1.165) is 17.7 Å². The Kier molecular flexibility index (Phi) is 6.95. The molecule has 7 nitrogen and oxygen atoms in total. The molecule has 0 radical (unpaired) electrons. The first-order chi connectivity index (χ1) is 16.8. The Hall–Kier alpha value is -3.63. The summed E-state index contributed by atoms with van der Waals surface area (Å²) >= 11 is 0. The number of likely N-dealkylation sites (N-methyl/N-ethyl adjacent to an activating group) is 1. The molecule has 184 valence electrons. The van der Waals surface area contributed by atoms with Crippen LogP contribution in [0.25, 0.3) is 28.0 Å². The fourth-order valence-electron chi connectivity index (χ4n) is 3.86. The maximum Gasteiger partial charge on any atom is 0.416 e. The minimum Gasteiger partial charge on any atom is -0.497 e. The number of benzene rings is 2. The summed E-state index contributed by atoms with van der Waals surface area (Å²) in [5.41, 5.74) is 2.54. The third kappa shape index (κ3) is 4.94. The van der Waals surface area contributed by atoms with E-state index >= 15 is 0 Å². The lowest BCUT2D eigenvalue weighted by Gasteiger charge is -2.19. The minimum absolute atomic E-state index is 0.109. The summed E-state index contributed by atoms with van der Waals surface area (Å²) in [4.78, 5) is 6.51. The molecule has 0 aliphatic carbocycles. The summed E-state index contributed by atoms with van der Waals surface area (Å²) in [5.74, 6) is 1.16. The molecule has 4 aromatic rings. The zero-order valence-electron chi connectivity index (χ0n) is 19.5. The Morgan fingerprint density at radius 2 is 1.77 bits per heavy atom. The van der Waals surface area contributed by atoms with Crippen molar-refractivity contribution in [2.24, 2.45) is 0 Å². The van der Waals surface area contributed by atoms with Crippen molar-refractivity contribution in [2.75, 3.05) is 39.3 Å². The molecule has 0 spiro atoms. The molecule has 2 aromatic heterocycles. The number of hydrogen-bond donors (Lipinski definition) is 1. The van der Waals surface area contributed by atoms with Crippen LogP contribution in [0.15, 0.2) is 54.6 Å². The van der Waals surface area contributed by atoms with Gasteiger partial charge < -0.3 is 19.5 Å². The topological polar surface area (TPSA) is 72.1 Å². The molecule has 2 heterocycles. The first kappa shape index (κ1) is 24.5. The van der Waals surface area contributed by atoms with Crippen molar-refractivity contribution in [3.8, 4) is 28.1 Å². The Bertz CT molecular complexity index is 1320. The highest BCUT2D eigenvalue weighted by Gasteiger charge is 2.31. The molecule has 0 fully saturated rings. The summed E-state index contributed by atoms with van der Waals surface area (Å²) in [7, 11) is 4.88. The van der Waals surface area contributed by atoms with Crippen LogP contribution in [0, 0.1) is 0 Å². The van der Waals surface area contributed by atoms with E-state index < -0.39 is 11.7 Å². The van der Waals surface area contributed by atoms with Gasteiger partial charge >= 0.3 is 6.18 Å². The normalized spacial score (nSPS) is 11.7. The van der Waals surface area contributed by atoms with E-state index in [-0.39, 0.29) is 13.2 Å². The van der Waals surface area contributed by atoms with Crippen molar-refractivity contribution < 1.29 is 27.8 Å². The molecule has 0 aliphatic rings. The van der Waals surface area contributed by atoms with Gasteiger partial charge in [-0.15, -0.1) is 0 Å². The van der Waals surface area contributed by atoms with Crippen LogP contribution in [0.3, 0.4) is 0 Å². The molecule has 10 heteroatoms. The Balaban J connectivity index is 2.02. The quantitative estimate of drug-likeness (QED) is 0.391. The average molecular weight is 486 g/mol. The van der Waals surface area contributed by atoms with E-state index in [1.807, 2.05) is 24.3 Å². The van der Waals surface area contributed by atoms with E-state index in [2.05, 4.69) is 5.10 Å². The summed E-state index contributed by atoms with van der Waals surface area (Å²) in [5, 5.41) is 14.1. The molecule has 35 heavy (non-hydrogen) atoms. The molecule has 0 amide bonds. The molecule has 0 saturated heterocycles. The molecular weight excluding hydrogens is 461 g/mol. The number of aromatic nitrogens is 3. The number of methoxy groups -OCH3 is 2. The maximum atomic E-state index is 13.5. The number of rotatable bonds is 8. The monoisotopic (exact) mass is 486 g/mol. The van der Waals surface area contributed by atoms with E-state index in [4.69, 9.17) is 14.5 Å². The average Bonchev–Trinajstić information content (AvgIpc) is 3.21. The van der Waals surface area contributed by atoms with E-state index in [1.54, 1.807) is 42.8 Å². The second-order valence-electron chi connectivity index (χ2n) is 7.94. The van der Waals surface area contributed by atoms with E-state index in [1.165, 1.54) is 6.07 Å². The first-order valence-electron chi connectivity index (χ1n) is 10.8. The van der Waals surface area contributed by atoms with Crippen LogP contribution in [0.1, 0.15) is 11.3 Å². The van der Waals surface area contributed by atoms with Crippen molar-refractivity contribution in [1.82, 2.24) is 14.6 Å². The first-order valence-corrected chi connectivity index (χ1v) is 10.8. The predicted molar refractivity (Wildman–Crippen MR) is 126 cm³/mol. The van der Waals surface area contributed by atoms with Crippen molar-refractivity contribution in [1.29, 1.82) is 0 Å². The van der Waals surface area contributed by atoms with Gasteiger partial charge in [0.25, 0.3) is 0 Å². The van der Waals surface area contributed by atoms with Crippen molar-refractivity contribution in [3.05, 3.63) is 65.9 Å². The molecule has 0 unspecified atom stereocenters. The maximum absolute atomic E-state index is 13.5. The Labute approximate surface area is 200 Å². The fraction of sp³-hybridized carbons (Fsp3) is 0.280. The predicted octanol–water partition coefficient (Wildman–Crippen LogP) is 4.67. The van der Waals surface area contributed by atoms with Crippen LogP contribution in [-0.4, -0.2) is 54.1 Å². The lowest BCUT2D eigenvalue weighted by Crippen LogP contribution is -2.22. The highest BCUT2D eigenvalue weighted by Crippen LogP contribution is 2.36. The van der Waals surface area contributed by atoms with Gasteiger partial charge in [0.05, 0.1) is 42.8 Å².